The van der Waals surface area contributed by atoms with Gasteiger partial charge in [-0.25, -0.2) is 4.42 Å². The van der Waals surface area contributed by atoms with Gasteiger partial charge in [-0.05, 0) is 41.7 Å². The van der Waals surface area contributed by atoms with Crippen LogP contribution >= 0.6 is 11.8 Å². The molecule has 1 N–H and O–H groups in total. The molecule has 0 unspecified atom stereocenters. The Morgan fingerprint density at radius 3 is 2.60 bits per heavy atom. The fraction of sp³-hybridized carbons (Fsp3) is 0.500. The van der Waals surface area contributed by atoms with Gasteiger partial charge in [-0.2, -0.15) is 0 Å². The van der Waals surface area contributed by atoms with E-state index in [2.05, 4.69) is 6.07 Å². The van der Waals surface area contributed by atoms with Crippen LogP contribution in [-0.4, -0.2) is 22.6 Å². The molecular formula is C12H16ClNO. The van der Waals surface area contributed by atoms with Crippen LogP contribution in [0.3, 0.4) is 0 Å². The summed E-state index contributed by atoms with van der Waals surface area (Å²) in [6.45, 7) is 2.01. The Morgan fingerprint density at radius 1 is 1.27 bits per heavy atom. The molecule has 3 heteroatoms. The largest absolute Gasteiger partial charge is 0.392 e. The predicted molar refractivity (Wildman–Crippen MR) is 61.8 cm³/mol. The van der Waals surface area contributed by atoms with Crippen molar-refractivity contribution >= 4 is 11.8 Å². The fourth-order valence-electron chi connectivity index (χ4n) is 2.24. The number of nitrogens with zero attached hydrogens (tertiary/aromatic N) is 1. The average molecular weight is 226 g/mol. The highest BCUT2D eigenvalue weighted by molar-refractivity contribution is 6.13. The SMILES string of the molecule is OCc1ccccc1C1CCN(Cl)CC1. The molecule has 0 aromatic heterocycles. The molecule has 0 atom stereocenters. The van der Waals surface area contributed by atoms with Crippen LogP contribution in [0, 0.1) is 0 Å². The van der Waals surface area contributed by atoms with Crippen molar-refractivity contribution in [2.24, 2.45) is 0 Å². The van der Waals surface area contributed by atoms with E-state index in [-0.39, 0.29) is 6.61 Å². The van der Waals surface area contributed by atoms with Gasteiger partial charge in [0.25, 0.3) is 0 Å². The van der Waals surface area contributed by atoms with E-state index in [0.29, 0.717) is 5.92 Å². The average Bonchev–Trinajstić information content (AvgIpc) is 2.30. The second-order valence-electron chi connectivity index (χ2n) is 4.04. The molecule has 0 aliphatic carbocycles. The van der Waals surface area contributed by atoms with E-state index in [1.807, 2.05) is 22.6 Å². The summed E-state index contributed by atoms with van der Waals surface area (Å²) in [5.41, 5.74) is 2.36. The van der Waals surface area contributed by atoms with Crippen molar-refractivity contribution in [2.45, 2.75) is 25.4 Å². The first kappa shape index (κ1) is 10.9. The summed E-state index contributed by atoms with van der Waals surface area (Å²) in [6, 6.07) is 8.15. The van der Waals surface area contributed by atoms with Crippen molar-refractivity contribution < 1.29 is 5.11 Å². The highest BCUT2D eigenvalue weighted by Gasteiger charge is 2.20. The molecule has 1 aliphatic rings. The molecule has 0 bridgehead atoms. The van der Waals surface area contributed by atoms with Gasteiger partial charge in [0.1, 0.15) is 0 Å². The zero-order valence-electron chi connectivity index (χ0n) is 8.69. The zero-order chi connectivity index (χ0) is 10.7. The third-order valence-electron chi connectivity index (χ3n) is 3.11. The van der Waals surface area contributed by atoms with Crippen molar-refractivity contribution in [2.75, 3.05) is 13.1 Å². The topological polar surface area (TPSA) is 23.5 Å². The summed E-state index contributed by atoms with van der Waals surface area (Å²) in [4.78, 5) is 0. The lowest BCUT2D eigenvalue weighted by Gasteiger charge is -2.28. The van der Waals surface area contributed by atoms with E-state index >= 15 is 0 Å². The van der Waals surface area contributed by atoms with Crippen LogP contribution in [0.25, 0.3) is 0 Å². The Bertz CT molecular complexity index is 321. The number of aliphatic hydroxyl groups is 1. The summed E-state index contributed by atoms with van der Waals surface area (Å²) < 4.78 is 1.85. The molecule has 82 valence electrons. The van der Waals surface area contributed by atoms with E-state index in [1.165, 1.54) is 5.56 Å². The maximum absolute atomic E-state index is 9.26. The van der Waals surface area contributed by atoms with Crippen LogP contribution in [0.1, 0.15) is 29.9 Å². The highest BCUT2D eigenvalue weighted by Crippen LogP contribution is 2.30. The second-order valence-corrected chi connectivity index (χ2v) is 4.52. The number of hydrogen-bond acceptors (Lipinski definition) is 2. The first-order chi connectivity index (χ1) is 7.31. The minimum atomic E-state index is 0.136. The lowest BCUT2D eigenvalue weighted by molar-refractivity contribution is 0.276. The van der Waals surface area contributed by atoms with Gasteiger partial charge in [-0.3, -0.25) is 0 Å². The molecule has 1 fully saturated rings. The summed E-state index contributed by atoms with van der Waals surface area (Å²) in [5.74, 6) is 0.559. The molecule has 0 amide bonds. The van der Waals surface area contributed by atoms with Crippen molar-refractivity contribution in [1.82, 2.24) is 4.42 Å². The van der Waals surface area contributed by atoms with Gasteiger partial charge in [0.05, 0.1) is 6.61 Å². The molecule has 0 saturated carbocycles. The Balaban J connectivity index is 2.15. The monoisotopic (exact) mass is 225 g/mol. The minimum absolute atomic E-state index is 0.136. The molecule has 1 aromatic rings. The quantitative estimate of drug-likeness (QED) is 0.782. The van der Waals surface area contributed by atoms with Crippen LogP contribution in [0.15, 0.2) is 24.3 Å². The summed E-state index contributed by atoms with van der Waals surface area (Å²) >= 11 is 5.93. The van der Waals surface area contributed by atoms with Crippen LogP contribution in [0.5, 0.6) is 0 Å². The summed E-state index contributed by atoms with van der Waals surface area (Å²) in [7, 11) is 0. The number of rotatable bonds is 2. The van der Waals surface area contributed by atoms with E-state index in [4.69, 9.17) is 11.8 Å². The third-order valence-corrected chi connectivity index (χ3v) is 3.44. The number of benzene rings is 1. The van der Waals surface area contributed by atoms with Gasteiger partial charge in [0, 0.05) is 13.1 Å². The lowest BCUT2D eigenvalue weighted by Crippen LogP contribution is -2.25. The number of halogens is 1. The summed E-state index contributed by atoms with van der Waals surface area (Å²) in [5, 5.41) is 9.26. The van der Waals surface area contributed by atoms with E-state index in [1.54, 1.807) is 0 Å². The van der Waals surface area contributed by atoms with Crippen LogP contribution in [0.4, 0.5) is 0 Å². The van der Waals surface area contributed by atoms with Crippen molar-refractivity contribution in [3.63, 3.8) is 0 Å². The third kappa shape index (κ3) is 2.51. The number of aliphatic hydroxyl groups excluding tert-OH is 1. The molecule has 0 radical (unpaired) electrons. The first-order valence-electron chi connectivity index (χ1n) is 5.40. The molecule has 15 heavy (non-hydrogen) atoms. The Morgan fingerprint density at radius 2 is 1.93 bits per heavy atom. The standard InChI is InChI=1S/C12H16ClNO/c13-14-7-5-10(6-8-14)12-4-2-1-3-11(12)9-15/h1-4,10,15H,5-9H2. The van der Waals surface area contributed by atoms with Crippen LogP contribution in [-0.2, 0) is 6.61 Å². The molecule has 0 spiro atoms. The minimum Gasteiger partial charge on any atom is -0.392 e. The second kappa shape index (κ2) is 4.97. The van der Waals surface area contributed by atoms with Gasteiger partial charge in [0.2, 0.25) is 0 Å². The molecule has 2 nitrogen and oxygen atoms in total. The Kier molecular flexibility index (Phi) is 3.62. The molecule has 1 aromatic carbocycles. The smallest absolute Gasteiger partial charge is 0.0684 e. The van der Waals surface area contributed by atoms with E-state index in [0.717, 1.165) is 31.5 Å². The number of hydrogen-bond donors (Lipinski definition) is 1. The maximum atomic E-state index is 9.26. The highest BCUT2D eigenvalue weighted by atomic mass is 35.5. The fourth-order valence-corrected chi connectivity index (χ4v) is 2.43. The van der Waals surface area contributed by atoms with Crippen molar-refractivity contribution in [3.8, 4) is 0 Å². The predicted octanol–water partition coefficient (Wildman–Crippen LogP) is 2.51. The number of piperidine rings is 1. The first-order valence-corrected chi connectivity index (χ1v) is 5.74. The molecule has 1 aliphatic heterocycles. The summed E-state index contributed by atoms with van der Waals surface area (Å²) in [6.07, 6.45) is 2.17. The van der Waals surface area contributed by atoms with Crippen LogP contribution in [0.2, 0.25) is 0 Å². The van der Waals surface area contributed by atoms with Crippen molar-refractivity contribution in [1.29, 1.82) is 0 Å². The van der Waals surface area contributed by atoms with Gasteiger partial charge < -0.3 is 5.11 Å². The molecule has 2 rings (SSSR count). The van der Waals surface area contributed by atoms with E-state index in [9.17, 15) is 5.11 Å². The maximum Gasteiger partial charge on any atom is 0.0684 e. The normalized spacial score (nSPS) is 19.3. The molecule has 1 heterocycles. The van der Waals surface area contributed by atoms with Crippen molar-refractivity contribution in [3.05, 3.63) is 35.4 Å². The Hall–Kier alpha value is -0.570. The molecular weight excluding hydrogens is 210 g/mol. The zero-order valence-corrected chi connectivity index (χ0v) is 9.45. The van der Waals surface area contributed by atoms with E-state index < -0.39 is 0 Å². The lowest BCUT2D eigenvalue weighted by atomic mass is 9.87. The van der Waals surface area contributed by atoms with Gasteiger partial charge in [-0.15, -0.1) is 0 Å². The van der Waals surface area contributed by atoms with Crippen LogP contribution < -0.4 is 0 Å². The van der Waals surface area contributed by atoms with Gasteiger partial charge >= 0.3 is 0 Å². The van der Waals surface area contributed by atoms with Gasteiger partial charge in [-0.1, -0.05) is 24.3 Å². The Labute approximate surface area is 95.6 Å². The van der Waals surface area contributed by atoms with Gasteiger partial charge in [0.15, 0.2) is 0 Å². The molecule has 1 saturated heterocycles.